The molecule has 1 aliphatic rings. The zero-order valence-corrected chi connectivity index (χ0v) is 14.9. The first kappa shape index (κ1) is 17.3. The van der Waals surface area contributed by atoms with E-state index in [2.05, 4.69) is 5.16 Å². The lowest BCUT2D eigenvalue weighted by atomic mass is 10.0. The Balaban J connectivity index is 1.60. The predicted molar refractivity (Wildman–Crippen MR) is 97.9 cm³/mol. The van der Waals surface area contributed by atoms with Crippen LogP contribution < -0.4 is 4.74 Å². The second-order valence-electron chi connectivity index (χ2n) is 6.49. The van der Waals surface area contributed by atoms with Crippen LogP contribution in [0.1, 0.15) is 34.9 Å². The normalized spacial score (nSPS) is 16.5. The van der Waals surface area contributed by atoms with E-state index in [4.69, 9.17) is 9.26 Å². The van der Waals surface area contributed by atoms with E-state index in [1.807, 2.05) is 30.3 Å². The van der Waals surface area contributed by atoms with Crippen molar-refractivity contribution in [3.8, 4) is 17.1 Å². The van der Waals surface area contributed by atoms with Crippen molar-refractivity contribution in [1.82, 2.24) is 10.1 Å². The van der Waals surface area contributed by atoms with Crippen LogP contribution in [0.15, 0.2) is 59.1 Å². The van der Waals surface area contributed by atoms with Gasteiger partial charge in [0.1, 0.15) is 11.6 Å². The van der Waals surface area contributed by atoms with Gasteiger partial charge in [0.05, 0.1) is 18.7 Å². The molecule has 0 radical (unpaired) electrons. The molecule has 0 unspecified atom stereocenters. The molecule has 0 saturated carbocycles. The highest BCUT2D eigenvalue weighted by molar-refractivity contribution is 5.93. The van der Waals surface area contributed by atoms with E-state index in [1.54, 1.807) is 24.1 Å². The Morgan fingerprint density at radius 3 is 2.89 bits per heavy atom. The number of methoxy groups -OCH3 is 1. The molecule has 0 aliphatic carbocycles. The molecule has 138 valence electrons. The number of likely N-dealkylation sites (tertiary alicyclic amines) is 1. The number of benzene rings is 2. The fraction of sp³-hybridized carbons (Fsp3) is 0.238. The van der Waals surface area contributed by atoms with Crippen molar-refractivity contribution in [1.29, 1.82) is 0 Å². The van der Waals surface area contributed by atoms with Crippen LogP contribution in [0, 0.1) is 5.82 Å². The standard InChI is InChI=1S/C21H19FN2O3/c1-26-19-10-3-2-8-16(19)20-13-17(23-27-20)21(25)24-11-5-9-18(24)14-6-4-7-15(22)12-14/h2-4,6-8,10,12-13,18H,5,9,11H2,1H3/t18-/m1/s1. The fourth-order valence-electron chi connectivity index (χ4n) is 3.57. The summed E-state index contributed by atoms with van der Waals surface area (Å²) in [5.41, 5.74) is 1.77. The van der Waals surface area contributed by atoms with E-state index in [0.29, 0.717) is 18.1 Å². The van der Waals surface area contributed by atoms with Crippen molar-refractivity contribution in [3.63, 3.8) is 0 Å². The fourth-order valence-corrected chi connectivity index (χ4v) is 3.57. The summed E-state index contributed by atoms with van der Waals surface area (Å²) >= 11 is 0. The summed E-state index contributed by atoms with van der Waals surface area (Å²) < 4.78 is 24.3. The van der Waals surface area contributed by atoms with Crippen LogP contribution >= 0.6 is 0 Å². The van der Waals surface area contributed by atoms with Gasteiger partial charge in [-0.05, 0) is 42.7 Å². The first-order valence-electron chi connectivity index (χ1n) is 8.84. The molecule has 0 bridgehead atoms. The maximum Gasteiger partial charge on any atom is 0.276 e. The van der Waals surface area contributed by atoms with Gasteiger partial charge < -0.3 is 14.2 Å². The Hall–Kier alpha value is -3.15. The lowest BCUT2D eigenvalue weighted by molar-refractivity contribution is 0.0725. The van der Waals surface area contributed by atoms with Gasteiger partial charge in [0.25, 0.3) is 5.91 Å². The van der Waals surface area contributed by atoms with Crippen molar-refractivity contribution >= 4 is 5.91 Å². The number of rotatable bonds is 4. The van der Waals surface area contributed by atoms with Crippen LogP contribution in [0.2, 0.25) is 0 Å². The molecule has 1 fully saturated rings. The highest BCUT2D eigenvalue weighted by atomic mass is 19.1. The average molecular weight is 366 g/mol. The molecule has 3 aromatic rings. The number of hydrogen-bond donors (Lipinski definition) is 0. The minimum Gasteiger partial charge on any atom is -0.496 e. The first-order valence-corrected chi connectivity index (χ1v) is 8.84. The lowest BCUT2D eigenvalue weighted by Gasteiger charge is -2.24. The Morgan fingerprint density at radius 1 is 1.22 bits per heavy atom. The predicted octanol–water partition coefficient (Wildman–Crippen LogP) is 4.47. The summed E-state index contributed by atoms with van der Waals surface area (Å²) in [7, 11) is 1.58. The minimum absolute atomic E-state index is 0.153. The van der Waals surface area contributed by atoms with E-state index in [1.165, 1.54) is 12.1 Å². The molecular weight excluding hydrogens is 347 g/mol. The van der Waals surface area contributed by atoms with E-state index >= 15 is 0 Å². The summed E-state index contributed by atoms with van der Waals surface area (Å²) in [6, 6.07) is 15.3. The third kappa shape index (κ3) is 3.30. The van der Waals surface area contributed by atoms with E-state index in [0.717, 1.165) is 24.0 Å². The van der Waals surface area contributed by atoms with Gasteiger partial charge in [0, 0.05) is 12.6 Å². The van der Waals surface area contributed by atoms with E-state index in [-0.39, 0.29) is 23.5 Å². The van der Waals surface area contributed by atoms with Crippen LogP contribution in [0.25, 0.3) is 11.3 Å². The Bertz CT molecular complexity index is 969. The van der Waals surface area contributed by atoms with Gasteiger partial charge >= 0.3 is 0 Å². The number of amides is 1. The average Bonchev–Trinajstić information content (AvgIpc) is 3.37. The van der Waals surface area contributed by atoms with Gasteiger partial charge in [-0.2, -0.15) is 0 Å². The van der Waals surface area contributed by atoms with Crippen LogP contribution in [0.4, 0.5) is 4.39 Å². The van der Waals surface area contributed by atoms with Gasteiger partial charge in [-0.1, -0.05) is 29.4 Å². The van der Waals surface area contributed by atoms with Gasteiger partial charge in [-0.25, -0.2) is 4.39 Å². The summed E-state index contributed by atoms with van der Waals surface area (Å²) in [5.74, 6) is 0.599. The van der Waals surface area contributed by atoms with Gasteiger partial charge in [0.15, 0.2) is 11.5 Å². The number of carbonyl (C=O) groups excluding carboxylic acids is 1. The lowest BCUT2D eigenvalue weighted by Crippen LogP contribution is -2.30. The maximum atomic E-state index is 13.6. The number of aromatic nitrogens is 1. The Kier molecular flexibility index (Phi) is 4.62. The van der Waals surface area contributed by atoms with Crippen molar-refractivity contribution in [2.24, 2.45) is 0 Å². The number of carbonyl (C=O) groups is 1. The van der Waals surface area contributed by atoms with Crippen molar-refractivity contribution < 1.29 is 18.4 Å². The highest BCUT2D eigenvalue weighted by Crippen LogP contribution is 2.35. The summed E-state index contributed by atoms with van der Waals surface area (Å²) in [4.78, 5) is 14.7. The van der Waals surface area contributed by atoms with Crippen LogP contribution in [-0.2, 0) is 0 Å². The SMILES string of the molecule is COc1ccccc1-c1cc(C(=O)N2CCC[C@@H]2c2cccc(F)c2)no1. The number of hydrogen-bond acceptors (Lipinski definition) is 4. The molecule has 27 heavy (non-hydrogen) atoms. The number of para-hydroxylation sites is 1. The Labute approximate surface area is 156 Å². The monoisotopic (exact) mass is 366 g/mol. The molecule has 0 spiro atoms. The Morgan fingerprint density at radius 2 is 2.07 bits per heavy atom. The van der Waals surface area contributed by atoms with Crippen LogP contribution in [-0.4, -0.2) is 29.6 Å². The third-order valence-electron chi connectivity index (χ3n) is 4.85. The van der Waals surface area contributed by atoms with Crippen molar-refractivity contribution in [3.05, 3.63) is 71.7 Å². The first-order chi connectivity index (χ1) is 13.2. The van der Waals surface area contributed by atoms with Crippen molar-refractivity contribution in [2.45, 2.75) is 18.9 Å². The third-order valence-corrected chi connectivity index (χ3v) is 4.85. The number of ether oxygens (including phenoxy) is 1. The van der Waals surface area contributed by atoms with E-state index < -0.39 is 0 Å². The zero-order chi connectivity index (χ0) is 18.8. The van der Waals surface area contributed by atoms with E-state index in [9.17, 15) is 9.18 Å². The molecule has 2 aromatic carbocycles. The number of nitrogens with zero attached hydrogens (tertiary/aromatic N) is 2. The quantitative estimate of drug-likeness (QED) is 0.684. The molecule has 6 heteroatoms. The van der Waals surface area contributed by atoms with Gasteiger partial charge in [0.2, 0.25) is 0 Å². The summed E-state index contributed by atoms with van der Waals surface area (Å²) in [5, 5.41) is 3.96. The highest BCUT2D eigenvalue weighted by Gasteiger charge is 2.32. The second kappa shape index (κ2) is 7.23. The molecule has 1 aromatic heterocycles. The molecule has 4 rings (SSSR count). The zero-order valence-electron chi connectivity index (χ0n) is 14.9. The topological polar surface area (TPSA) is 55.6 Å². The smallest absolute Gasteiger partial charge is 0.276 e. The molecule has 0 N–H and O–H groups in total. The molecule has 1 aliphatic heterocycles. The summed E-state index contributed by atoms with van der Waals surface area (Å²) in [6.07, 6.45) is 1.66. The number of halogens is 1. The molecule has 1 atom stereocenters. The molecule has 1 amide bonds. The summed E-state index contributed by atoms with van der Waals surface area (Å²) in [6.45, 7) is 0.608. The largest absolute Gasteiger partial charge is 0.496 e. The van der Waals surface area contributed by atoms with Crippen molar-refractivity contribution in [2.75, 3.05) is 13.7 Å². The maximum absolute atomic E-state index is 13.6. The molecule has 5 nitrogen and oxygen atoms in total. The molecule has 2 heterocycles. The minimum atomic E-state index is -0.299. The molecule has 1 saturated heterocycles. The van der Waals surface area contributed by atoms with Gasteiger partial charge in [-0.3, -0.25) is 4.79 Å². The molecular formula is C21H19FN2O3. The second-order valence-corrected chi connectivity index (χ2v) is 6.49. The van der Waals surface area contributed by atoms with Gasteiger partial charge in [-0.15, -0.1) is 0 Å². The van der Waals surface area contributed by atoms with Crippen LogP contribution in [0.5, 0.6) is 5.75 Å². The van der Waals surface area contributed by atoms with Crippen LogP contribution in [0.3, 0.4) is 0 Å².